The Morgan fingerprint density at radius 2 is 1.48 bits per heavy atom. The number of alkyl halides is 6. The van der Waals surface area contributed by atoms with Crippen LogP contribution >= 0.6 is 0 Å². The molecule has 1 aliphatic heterocycles. The van der Waals surface area contributed by atoms with Gasteiger partial charge in [0, 0.05) is 25.3 Å². The molecule has 2 rings (SSSR count). The van der Waals surface area contributed by atoms with E-state index in [0.717, 1.165) is 13.1 Å². The van der Waals surface area contributed by atoms with Crippen LogP contribution in [0.3, 0.4) is 0 Å². The topological polar surface area (TPSA) is 117 Å². The molecule has 0 unspecified atom stereocenters. The fourth-order valence-electron chi connectivity index (χ4n) is 1.26. The third-order valence-electron chi connectivity index (χ3n) is 2.41. The van der Waals surface area contributed by atoms with E-state index in [4.69, 9.17) is 25.5 Å². The molecule has 0 aromatic carbocycles. The Balaban J connectivity index is 0.000000366. The van der Waals surface area contributed by atoms with Gasteiger partial charge in [-0.1, -0.05) is 0 Å². The smallest absolute Gasteiger partial charge is 0.475 e. The minimum absolute atomic E-state index is 0.357. The molecule has 7 nitrogen and oxygen atoms in total. The second-order valence-electron chi connectivity index (χ2n) is 4.48. The average Bonchev–Trinajstić information content (AvgIpc) is 2.44. The van der Waals surface area contributed by atoms with Crippen molar-refractivity contribution in [3.05, 3.63) is 24.5 Å². The van der Waals surface area contributed by atoms with E-state index in [9.17, 15) is 26.3 Å². The van der Waals surface area contributed by atoms with Crippen LogP contribution in [0.2, 0.25) is 0 Å². The number of carbonyl (C=O) groups is 2. The summed E-state index contributed by atoms with van der Waals surface area (Å²) in [6, 6.07) is 4.35. The van der Waals surface area contributed by atoms with E-state index in [-0.39, 0.29) is 0 Å². The summed E-state index contributed by atoms with van der Waals surface area (Å²) in [6.45, 7) is 1.93. The molecule has 13 heteroatoms. The third-order valence-corrected chi connectivity index (χ3v) is 2.41. The maximum Gasteiger partial charge on any atom is 0.490 e. The van der Waals surface area contributed by atoms with Crippen LogP contribution in [0.5, 0.6) is 0 Å². The number of aliphatic carboxylic acids is 2. The fraction of sp³-hybridized carbons (Fsp3) is 0.417. The Bertz CT molecular complexity index is 534. The number of carboxylic acids is 2. The molecule has 0 atom stereocenters. The Morgan fingerprint density at radius 3 is 1.72 bits per heavy atom. The molecule has 0 saturated carbocycles. The first-order valence-corrected chi connectivity index (χ1v) is 6.26. The first-order valence-electron chi connectivity index (χ1n) is 6.26. The lowest BCUT2D eigenvalue weighted by atomic mass is 10.1. The van der Waals surface area contributed by atoms with Gasteiger partial charge in [0.15, 0.2) is 0 Å². The highest BCUT2D eigenvalue weighted by atomic mass is 19.4. The van der Waals surface area contributed by atoms with Crippen molar-refractivity contribution in [2.24, 2.45) is 5.73 Å². The van der Waals surface area contributed by atoms with Crippen molar-refractivity contribution >= 4 is 17.6 Å². The molecular formula is C12H13F6N3O4. The zero-order valence-corrected chi connectivity index (χ0v) is 12.3. The maximum absolute atomic E-state index is 10.6. The number of anilines is 1. The Morgan fingerprint density at radius 1 is 1.08 bits per heavy atom. The van der Waals surface area contributed by atoms with Gasteiger partial charge in [-0.05, 0) is 12.1 Å². The average molecular weight is 377 g/mol. The van der Waals surface area contributed by atoms with E-state index in [1.807, 2.05) is 12.3 Å². The quantitative estimate of drug-likeness (QED) is 0.635. The summed E-state index contributed by atoms with van der Waals surface area (Å²) in [5, 5.41) is 14.2. The van der Waals surface area contributed by atoms with Crippen LogP contribution in [0.1, 0.15) is 0 Å². The van der Waals surface area contributed by atoms with Crippen molar-refractivity contribution in [2.75, 3.05) is 18.0 Å². The van der Waals surface area contributed by atoms with Gasteiger partial charge in [-0.25, -0.2) is 9.59 Å². The molecule has 1 aromatic heterocycles. The molecule has 0 aliphatic carbocycles. The number of carboxylic acid groups (broad SMARTS) is 2. The van der Waals surface area contributed by atoms with E-state index in [0.29, 0.717) is 6.04 Å². The predicted octanol–water partition coefficient (Wildman–Crippen LogP) is 1.50. The van der Waals surface area contributed by atoms with Crippen molar-refractivity contribution in [3.8, 4) is 0 Å². The van der Waals surface area contributed by atoms with Gasteiger partial charge in [0.2, 0.25) is 0 Å². The lowest BCUT2D eigenvalue weighted by molar-refractivity contribution is -0.193. The standard InChI is InChI=1S/C8H11N3.2C2HF3O2/c9-7-5-11(6-7)8-2-1-3-10-4-8;2*3-2(4,5)1(6)7/h1-4,7H,5-6,9H2;2*(H,6,7). The van der Waals surface area contributed by atoms with Crippen molar-refractivity contribution < 1.29 is 46.1 Å². The van der Waals surface area contributed by atoms with E-state index in [1.165, 1.54) is 5.69 Å². The number of nitrogens with zero attached hydrogens (tertiary/aromatic N) is 2. The Labute approximate surface area is 136 Å². The molecular weight excluding hydrogens is 364 g/mol. The molecule has 1 aromatic rings. The molecule has 1 fully saturated rings. The maximum atomic E-state index is 10.6. The van der Waals surface area contributed by atoms with Gasteiger partial charge in [0.1, 0.15) is 0 Å². The fourth-order valence-corrected chi connectivity index (χ4v) is 1.26. The molecule has 0 bridgehead atoms. The van der Waals surface area contributed by atoms with Gasteiger partial charge in [-0.2, -0.15) is 26.3 Å². The second kappa shape index (κ2) is 9.05. The van der Waals surface area contributed by atoms with E-state index >= 15 is 0 Å². The number of rotatable bonds is 1. The van der Waals surface area contributed by atoms with Crippen molar-refractivity contribution in [2.45, 2.75) is 18.4 Å². The van der Waals surface area contributed by atoms with Crippen molar-refractivity contribution in [3.63, 3.8) is 0 Å². The molecule has 1 saturated heterocycles. The van der Waals surface area contributed by atoms with E-state index in [1.54, 1.807) is 6.20 Å². The number of halogens is 6. The van der Waals surface area contributed by atoms with Gasteiger partial charge in [0.05, 0.1) is 11.9 Å². The van der Waals surface area contributed by atoms with Crippen LogP contribution in [0.15, 0.2) is 24.5 Å². The summed E-state index contributed by atoms with van der Waals surface area (Å²) < 4.78 is 63.5. The summed E-state index contributed by atoms with van der Waals surface area (Å²) in [5.41, 5.74) is 6.82. The molecule has 25 heavy (non-hydrogen) atoms. The number of pyridine rings is 1. The van der Waals surface area contributed by atoms with Crippen LogP contribution < -0.4 is 10.6 Å². The second-order valence-corrected chi connectivity index (χ2v) is 4.48. The van der Waals surface area contributed by atoms with E-state index in [2.05, 4.69) is 16.0 Å². The van der Waals surface area contributed by atoms with Crippen LogP contribution in [-0.4, -0.2) is 58.6 Å². The number of hydrogen-bond donors (Lipinski definition) is 3. The SMILES string of the molecule is NC1CN(c2cccnc2)C1.O=C(O)C(F)(F)F.O=C(O)C(F)(F)F. The van der Waals surface area contributed by atoms with Gasteiger partial charge in [0.25, 0.3) is 0 Å². The van der Waals surface area contributed by atoms with Gasteiger partial charge in [-0.3, -0.25) is 4.98 Å². The summed E-state index contributed by atoms with van der Waals surface area (Å²) in [7, 11) is 0. The summed E-state index contributed by atoms with van der Waals surface area (Å²) in [5.74, 6) is -5.51. The van der Waals surface area contributed by atoms with Gasteiger partial charge < -0.3 is 20.8 Å². The normalized spacial score (nSPS) is 14.3. The highest BCUT2D eigenvalue weighted by Gasteiger charge is 2.38. The summed E-state index contributed by atoms with van der Waals surface area (Å²) in [4.78, 5) is 24.0. The van der Waals surface area contributed by atoms with Gasteiger partial charge in [-0.15, -0.1) is 0 Å². The lowest BCUT2D eigenvalue weighted by Crippen LogP contribution is -2.55. The van der Waals surface area contributed by atoms with Crippen molar-refractivity contribution in [1.29, 1.82) is 0 Å². The van der Waals surface area contributed by atoms with Crippen LogP contribution in [-0.2, 0) is 9.59 Å². The molecule has 1 aliphatic rings. The van der Waals surface area contributed by atoms with Crippen LogP contribution in [0.4, 0.5) is 32.0 Å². The lowest BCUT2D eigenvalue weighted by Gasteiger charge is -2.38. The zero-order valence-electron chi connectivity index (χ0n) is 12.3. The number of nitrogens with two attached hydrogens (primary N) is 1. The molecule has 142 valence electrons. The third kappa shape index (κ3) is 9.34. The van der Waals surface area contributed by atoms with Crippen molar-refractivity contribution in [1.82, 2.24) is 4.98 Å². The molecule has 2 heterocycles. The van der Waals surface area contributed by atoms with Crippen LogP contribution in [0.25, 0.3) is 0 Å². The Kier molecular flexibility index (Phi) is 8.12. The zero-order chi connectivity index (χ0) is 19.8. The molecule has 0 spiro atoms. The predicted molar refractivity (Wildman–Crippen MR) is 71.8 cm³/mol. The first-order chi connectivity index (χ1) is 11.2. The number of hydrogen-bond acceptors (Lipinski definition) is 5. The number of aromatic nitrogens is 1. The monoisotopic (exact) mass is 377 g/mol. The highest BCUT2D eigenvalue weighted by Crippen LogP contribution is 2.17. The summed E-state index contributed by atoms with van der Waals surface area (Å²) >= 11 is 0. The highest BCUT2D eigenvalue weighted by molar-refractivity contribution is 5.73. The van der Waals surface area contributed by atoms with E-state index < -0.39 is 24.3 Å². The molecule has 0 radical (unpaired) electrons. The minimum Gasteiger partial charge on any atom is -0.475 e. The Hall–Kier alpha value is -2.57. The minimum atomic E-state index is -5.08. The largest absolute Gasteiger partial charge is 0.490 e. The first kappa shape index (κ1) is 22.4. The van der Waals surface area contributed by atoms with Gasteiger partial charge >= 0.3 is 24.3 Å². The molecule has 4 N–H and O–H groups in total. The van der Waals surface area contributed by atoms with Crippen LogP contribution in [0, 0.1) is 0 Å². The summed E-state index contributed by atoms with van der Waals surface area (Å²) in [6.07, 6.45) is -6.52. The molecule has 0 amide bonds.